The van der Waals surface area contributed by atoms with Crippen molar-refractivity contribution in [3.05, 3.63) is 102 Å². The summed E-state index contributed by atoms with van der Waals surface area (Å²) in [5.41, 5.74) is 0.752. The highest BCUT2D eigenvalue weighted by Crippen LogP contribution is 2.20. The molecule has 0 heterocycles. The van der Waals surface area contributed by atoms with E-state index in [1.54, 1.807) is 0 Å². The Hall–Kier alpha value is -5.25. The van der Waals surface area contributed by atoms with Gasteiger partial charge in [-0.15, -0.1) is 0 Å². The molecule has 0 aliphatic carbocycles. The van der Waals surface area contributed by atoms with E-state index in [9.17, 15) is 24.0 Å². The number of benzene rings is 3. The fourth-order valence-corrected chi connectivity index (χ4v) is 3.06. The third-order valence-corrected chi connectivity index (χ3v) is 5.12. The SMILES string of the molecule is C.C.C.C.C.C.C=CC(=O)OCOc1ccc(C(=O)Oc2ccc(OCOC(=O)c3cc(C(C)=O)cc(C(C)=O)c3)cc2)cc1. The van der Waals surface area contributed by atoms with Crippen LogP contribution in [0.2, 0.25) is 0 Å². The van der Waals surface area contributed by atoms with Gasteiger partial charge < -0.3 is 23.7 Å². The van der Waals surface area contributed by atoms with E-state index in [1.807, 2.05) is 0 Å². The summed E-state index contributed by atoms with van der Waals surface area (Å²) in [7, 11) is 0. The molecule has 0 atom stereocenters. The average Bonchev–Trinajstić information content (AvgIpc) is 2.93. The minimum absolute atomic E-state index is 0. The largest absolute Gasteiger partial charge is 0.457 e. The zero-order chi connectivity index (χ0) is 28.4. The smallest absolute Gasteiger partial charge is 0.343 e. The van der Waals surface area contributed by atoms with Crippen LogP contribution in [0.3, 0.4) is 0 Å². The molecule has 0 unspecified atom stereocenters. The second-order valence-corrected chi connectivity index (χ2v) is 7.92. The first-order chi connectivity index (χ1) is 18.7. The van der Waals surface area contributed by atoms with Crippen LogP contribution >= 0.6 is 0 Å². The summed E-state index contributed by atoms with van der Waals surface area (Å²) >= 11 is 0. The summed E-state index contributed by atoms with van der Waals surface area (Å²) in [5, 5.41) is 0. The van der Waals surface area contributed by atoms with Gasteiger partial charge in [-0.25, -0.2) is 14.4 Å². The second-order valence-electron chi connectivity index (χ2n) is 7.92. The number of ether oxygens (including phenoxy) is 5. The fraction of sp³-hybridized carbons (Fsp3) is 0.286. The van der Waals surface area contributed by atoms with E-state index in [1.165, 1.54) is 80.6 Å². The molecular weight excluding hydrogens is 580 g/mol. The van der Waals surface area contributed by atoms with Crippen LogP contribution in [0.5, 0.6) is 17.2 Å². The molecular formula is C35H48O10. The molecule has 0 bridgehead atoms. The van der Waals surface area contributed by atoms with Crippen LogP contribution in [0.15, 0.2) is 79.4 Å². The molecule has 0 aromatic heterocycles. The van der Waals surface area contributed by atoms with E-state index in [-0.39, 0.29) is 90.9 Å². The van der Waals surface area contributed by atoms with Crippen molar-refractivity contribution in [3.8, 4) is 17.2 Å². The van der Waals surface area contributed by atoms with Crippen molar-refractivity contribution in [2.24, 2.45) is 0 Å². The minimum Gasteiger partial charge on any atom is -0.457 e. The molecule has 0 saturated heterocycles. The normalized spacial score (nSPS) is 8.76. The molecule has 3 aromatic carbocycles. The lowest BCUT2D eigenvalue weighted by atomic mass is 10.0. The quantitative estimate of drug-likeness (QED) is 0.0633. The minimum atomic E-state index is -0.764. The van der Waals surface area contributed by atoms with Crippen LogP contribution in [0, 0.1) is 0 Å². The predicted octanol–water partition coefficient (Wildman–Crippen LogP) is 8.39. The number of ketones is 2. The molecule has 10 heteroatoms. The summed E-state index contributed by atoms with van der Waals surface area (Å²) in [6.07, 6.45) is 1.01. The monoisotopic (exact) mass is 628 g/mol. The van der Waals surface area contributed by atoms with Gasteiger partial charge >= 0.3 is 17.9 Å². The zero-order valence-electron chi connectivity index (χ0n) is 21.1. The van der Waals surface area contributed by atoms with Gasteiger partial charge in [0.1, 0.15) is 17.2 Å². The molecule has 3 aromatic rings. The topological polar surface area (TPSA) is 132 Å². The number of carbonyl (C=O) groups excluding carboxylic acids is 5. The van der Waals surface area contributed by atoms with Crippen LogP contribution in [0.4, 0.5) is 0 Å². The third-order valence-electron chi connectivity index (χ3n) is 5.12. The first kappa shape index (κ1) is 46.7. The number of hydrogen-bond acceptors (Lipinski definition) is 10. The highest BCUT2D eigenvalue weighted by Gasteiger charge is 2.15. The third kappa shape index (κ3) is 14.2. The van der Waals surface area contributed by atoms with Gasteiger partial charge in [0.05, 0.1) is 11.1 Å². The lowest BCUT2D eigenvalue weighted by Crippen LogP contribution is -2.12. The van der Waals surface area contributed by atoms with Crippen molar-refractivity contribution < 1.29 is 47.7 Å². The van der Waals surface area contributed by atoms with E-state index in [4.69, 9.17) is 23.7 Å². The van der Waals surface area contributed by atoms with Crippen molar-refractivity contribution in [1.82, 2.24) is 0 Å². The van der Waals surface area contributed by atoms with Gasteiger partial charge in [0, 0.05) is 17.2 Å². The Morgan fingerprint density at radius 1 is 0.556 bits per heavy atom. The Bertz CT molecular complexity index is 1360. The number of carbonyl (C=O) groups is 5. The standard InChI is InChI=1S/C29H24O10.6CH4/c1-4-27(32)37-16-35-24-7-5-20(6-8-24)29(34)39-26-11-9-25(10-12-26)36-17-38-28(33)23-14-21(18(2)30)13-22(15-23)19(3)31;;;;;;/h4-15H,1,16-17H2,2-3H3;6*1H4. The van der Waals surface area contributed by atoms with Gasteiger partial charge in [-0.3, -0.25) is 9.59 Å². The van der Waals surface area contributed by atoms with Crippen LogP contribution < -0.4 is 14.2 Å². The maximum Gasteiger partial charge on any atom is 0.343 e. The Balaban J connectivity index is -0.00000140. The first-order valence-corrected chi connectivity index (χ1v) is 11.5. The first-order valence-electron chi connectivity index (χ1n) is 11.5. The van der Waals surface area contributed by atoms with E-state index in [2.05, 4.69) is 6.58 Å². The molecule has 10 nitrogen and oxygen atoms in total. The average molecular weight is 629 g/mol. The fourth-order valence-electron chi connectivity index (χ4n) is 3.06. The summed E-state index contributed by atoms with van der Waals surface area (Å²) < 4.78 is 25.8. The van der Waals surface area contributed by atoms with Crippen molar-refractivity contribution in [1.29, 1.82) is 0 Å². The molecule has 0 radical (unpaired) electrons. The Morgan fingerprint density at radius 2 is 0.956 bits per heavy atom. The van der Waals surface area contributed by atoms with Gasteiger partial charge in [-0.2, -0.15) is 0 Å². The van der Waals surface area contributed by atoms with Crippen LogP contribution in [0.25, 0.3) is 0 Å². The maximum absolute atomic E-state index is 12.4. The number of hydrogen-bond donors (Lipinski definition) is 0. The van der Waals surface area contributed by atoms with E-state index < -0.39 is 24.7 Å². The molecule has 0 aliphatic heterocycles. The second kappa shape index (κ2) is 22.3. The Morgan fingerprint density at radius 3 is 1.40 bits per heavy atom. The lowest BCUT2D eigenvalue weighted by Gasteiger charge is -2.10. The summed E-state index contributed by atoms with van der Waals surface area (Å²) in [5.74, 6) is -1.61. The van der Waals surface area contributed by atoms with Crippen molar-refractivity contribution >= 4 is 29.5 Å². The van der Waals surface area contributed by atoms with Gasteiger partial charge in [-0.05, 0) is 80.6 Å². The summed E-state index contributed by atoms with van der Waals surface area (Å²) in [6, 6.07) is 16.2. The van der Waals surface area contributed by atoms with Crippen LogP contribution in [0.1, 0.15) is 99.8 Å². The molecule has 0 saturated carbocycles. The van der Waals surface area contributed by atoms with Crippen LogP contribution in [-0.4, -0.2) is 43.1 Å². The molecule has 45 heavy (non-hydrogen) atoms. The van der Waals surface area contributed by atoms with Gasteiger partial charge in [0.15, 0.2) is 11.6 Å². The number of rotatable bonds is 12. The lowest BCUT2D eigenvalue weighted by molar-refractivity contribution is -0.144. The molecule has 248 valence electrons. The molecule has 0 aliphatic rings. The van der Waals surface area contributed by atoms with Crippen LogP contribution in [-0.2, 0) is 14.3 Å². The molecule has 0 spiro atoms. The van der Waals surface area contributed by atoms with E-state index in [0.717, 1.165) is 6.08 Å². The van der Waals surface area contributed by atoms with Gasteiger partial charge in [0.25, 0.3) is 0 Å². The summed E-state index contributed by atoms with van der Waals surface area (Å²) in [4.78, 5) is 59.2. The highest BCUT2D eigenvalue weighted by atomic mass is 16.7. The molecule has 0 N–H and O–H groups in total. The van der Waals surface area contributed by atoms with Gasteiger partial charge in [-0.1, -0.05) is 51.1 Å². The number of esters is 3. The molecule has 3 rings (SSSR count). The van der Waals surface area contributed by atoms with E-state index in [0.29, 0.717) is 11.5 Å². The number of Topliss-reactive ketones (excluding diaryl/α,β-unsaturated/α-hetero) is 2. The highest BCUT2D eigenvalue weighted by molar-refractivity contribution is 6.03. The molecule has 0 fully saturated rings. The van der Waals surface area contributed by atoms with E-state index >= 15 is 0 Å². The maximum atomic E-state index is 12.4. The summed E-state index contributed by atoms with van der Waals surface area (Å²) in [6.45, 7) is 5.21. The zero-order valence-corrected chi connectivity index (χ0v) is 21.1. The Kier molecular flexibility index (Phi) is 23.2. The van der Waals surface area contributed by atoms with Crippen molar-refractivity contribution in [2.75, 3.05) is 13.6 Å². The Labute approximate surface area is 267 Å². The molecule has 0 amide bonds. The predicted molar refractivity (Wildman–Crippen MR) is 177 cm³/mol. The van der Waals surface area contributed by atoms with Crippen molar-refractivity contribution in [3.63, 3.8) is 0 Å². The van der Waals surface area contributed by atoms with Crippen molar-refractivity contribution in [2.45, 2.75) is 58.4 Å². The van der Waals surface area contributed by atoms with Gasteiger partial charge in [0.2, 0.25) is 13.6 Å².